The highest BCUT2D eigenvalue weighted by molar-refractivity contribution is 5.97. The summed E-state index contributed by atoms with van der Waals surface area (Å²) >= 11 is 0. The Morgan fingerprint density at radius 1 is 1.29 bits per heavy atom. The zero-order valence-electron chi connectivity index (χ0n) is 8.22. The quantitative estimate of drug-likeness (QED) is 0.613. The molecule has 0 unspecified atom stereocenters. The number of carbonyl (C=O) groups excluding carboxylic acids is 1. The van der Waals surface area contributed by atoms with Crippen molar-refractivity contribution in [3.8, 4) is 0 Å². The first-order valence-electron chi connectivity index (χ1n) is 4.28. The maximum atomic E-state index is 10.9. The molecular weight excluding hydrogens is 178 g/mol. The van der Waals surface area contributed by atoms with Gasteiger partial charge in [-0.2, -0.15) is 0 Å². The number of benzene rings is 1. The van der Waals surface area contributed by atoms with E-state index in [2.05, 4.69) is 10.6 Å². The average molecular weight is 191 g/mol. The van der Waals surface area contributed by atoms with Gasteiger partial charge in [0.1, 0.15) is 0 Å². The molecule has 4 nitrogen and oxygen atoms in total. The maximum Gasteiger partial charge on any atom is 0.318 e. The average Bonchev–Trinajstić information content (AvgIpc) is 2.18. The second kappa shape index (κ2) is 4.41. The highest BCUT2D eigenvalue weighted by atomic mass is 16.2. The van der Waals surface area contributed by atoms with Gasteiger partial charge in [-0.1, -0.05) is 12.1 Å². The lowest BCUT2D eigenvalue weighted by molar-refractivity contribution is 0.254. The molecule has 0 heterocycles. The highest BCUT2D eigenvalue weighted by Gasteiger charge is 1.98. The van der Waals surface area contributed by atoms with Crippen molar-refractivity contribution >= 4 is 17.4 Å². The molecule has 4 heteroatoms. The van der Waals surface area contributed by atoms with Gasteiger partial charge in [0, 0.05) is 18.4 Å². The van der Waals surface area contributed by atoms with E-state index in [-0.39, 0.29) is 6.03 Å². The zero-order chi connectivity index (χ0) is 10.6. The van der Waals surface area contributed by atoms with E-state index in [0.29, 0.717) is 11.4 Å². The minimum Gasteiger partial charge on any atom is -0.341 e. The van der Waals surface area contributed by atoms with Crippen LogP contribution in [0.15, 0.2) is 24.3 Å². The Morgan fingerprint density at radius 3 is 2.29 bits per heavy atom. The third-order valence-corrected chi connectivity index (χ3v) is 1.80. The van der Waals surface area contributed by atoms with Gasteiger partial charge in [0.15, 0.2) is 0 Å². The molecule has 14 heavy (non-hydrogen) atoms. The normalized spacial score (nSPS) is 9.29. The van der Waals surface area contributed by atoms with Crippen molar-refractivity contribution in [2.24, 2.45) is 0 Å². The molecule has 0 saturated carbocycles. The predicted octanol–water partition coefficient (Wildman–Crippen LogP) is 1.83. The van der Waals surface area contributed by atoms with Crippen molar-refractivity contribution in [1.82, 2.24) is 5.32 Å². The van der Waals surface area contributed by atoms with Gasteiger partial charge in [0.05, 0.1) is 0 Å². The first-order valence-corrected chi connectivity index (χ1v) is 4.28. The van der Waals surface area contributed by atoms with Crippen LogP contribution in [0.25, 0.3) is 0 Å². The molecule has 3 N–H and O–H groups in total. The lowest BCUT2D eigenvalue weighted by Gasteiger charge is -2.04. The van der Waals surface area contributed by atoms with E-state index < -0.39 is 0 Å². The monoisotopic (exact) mass is 191 g/mol. The Hall–Kier alpha value is -1.84. The fourth-order valence-electron chi connectivity index (χ4n) is 0.997. The molecule has 0 bridgehead atoms. The molecule has 0 radical (unpaired) electrons. The van der Waals surface area contributed by atoms with Gasteiger partial charge < -0.3 is 16.0 Å². The number of urea groups is 1. The third-order valence-electron chi connectivity index (χ3n) is 1.80. The standard InChI is InChI=1S/C10H13N3O/c1-7(11)8-3-5-9(6-4-8)13-10(14)12-2/h3-6,11H,1-2H3,(H2,12,13,14). The number of carbonyl (C=O) groups is 1. The summed E-state index contributed by atoms with van der Waals surface area (Å²) in [7, 11) is 1.56. The number of amides is 2. The Bertz CT molecular complexity index is 343. The van der Waals surface area contributed by atoms with Crippen LogP contribution < -0.4 is 10.6 Å². The first kappa shape index (κ1) is 10.2. The summed E-state index contributed by atoms with van der Waals surface area (Å²) in [4.78, 5) is 10.9. The van der Waals surface area contributed by atoms with E-state index in [1.807, 2.05) is 0 Å². The highest BCUT2D eigenvalue weighted by Crippen LogP contribution is 2.09. The van der Waals surface area contributed by atoms with Crippen LogP contribution in [0.5, 0.6) is 0 Å². The SMILES string of the molecule is CNC(=O)Nc1ccc(C(C)=N)cc1. The van der Waals surface area contributed by atoms with Gasteiger partial charge >= 0.3 is 6.03 Å². The molecule has 1 rings (SSSR count). The van der Waals surface area contributed by atoms with E-state index >= 15 is 0 Å². The van der Waals surface area contributed by atoms with Crippen molar-refractivity contribution in [2.75, 3.05) is 12.4 Å². The number of rotatable bonds is 2. The van der Waals surface area contributed by atoms with Crippen molar-refractivity contribution in [3.63, 3.8) is 0 Å². The predicted molar refractivity (Wildman–Crippen MR) is 57.0 cm³/mol. The summed E-state index contributed by atoms with van der Waals surface area (Å²) in [6.07, 6.45) is 0. The van der Waals surface area contributed by atoms with Crippen molar-refractivity contribution < 1.29 is 4.79 Å². The Morgan fingerprint density at radius 2 is 1.86 bits per heavy atom. The van der Waals surface area contributed by atoms with Crippen molar-refractivity contribution in [2.45, 2.75) is 6.92 Å². The molecule has 1 aromatic carbocycles. The molecule has 2 amide bonds. The van der Waals surface area contributed by atoms with Gasteiger partial charge in [-0.3, -0.25) is 0 Å². The van der Waals surface area contributed by atoms with Crippen LogP contribution in [0, 0.1) is 5.41 Å². The Balaban J connectivity index is 2.73. The lowest BCUT2D eigenvalue weighted by atomic mass is 10.1. The minimum absolute atomic E-state index is 0.246. The maximum absolute atomic E-state index is 10.9. The molecule has 0 aliphatic heterocycles. The lowest BCUT2D eigenvalue weighted by Crippen LogP contribution is -2.24. The summed E-state index contributed by atoms with van der Waals surface area (Å²) in [5.74, 6) is 0. The molecule has 0 spiro atoms. The summed E-state index contributed by atoms with van der Waals surface area (Å²) < 4.78 is 0. The first-order chi connectivity index (χ1) is 6.63. The van der Waals surface area contributed by atoms with Gasteiger partial charge in [-0.05, 0) is 24.6 Å². The molecule has 74 valence electrons. The van der Waals surface area contributed by atoms with Crippen LogP contribution in [0.4, 0.5) is 10.5 Å². The van der Waals surface area contributed by atoms with E-state index in [4.69, 9.17) is 5.41 Å². The largest absolute Gasteiger partial charge is 0.341 e. The summed E-state index contributed by atoms with van der Waals surface area (Å²) in [5.41, 5.74) is 2.08. The van der Waals surface area contributed by atoms with Crippen LogP contribution in [-0.4, -0.2) is 18.8 Å². The second-order valence-corrected chi connectivity index (χ2v) is 2.91. The molecule has 0 saturated heterocycles. The number of nitrogens with one attached hydrogen (secondary N) is 3. The van der Waals surface area contributed by atoms with Crippen LogP contribution >= 0.6 is 0 Å². The summed E-state index contributed by atoms with van der Waals surface area (Å²) in [5, 5.41) is 12.5. The van der Waals surface area contributed by atoms with Crippen molar-refractivity contribution in [3.05, 3.63) is 29.8 Å². The zero-order valence-corrected chi connectivity index (χ0v) is 8.22. The fourth-order valence-corrected chi connectivity index (χ4v) is 0.997. The Kier molecular flexibility index (Phi) is 3.23. The fraction of sp³-hybridized carbons (Fsp3) is 0.200. The van der Waals surface area contributed by atoms with Gasteiger partial charge in [0.25, 0.3) is 0 Å². The molecule has 0 aliphatic rings. The Labute approximate surface area is 82.8 Å². The van der Waals surface area contributed by atoms with Gasteiger partial charge in [-0.25, -0.2) is 4.79 Å². The van der Waals surface area contributed by atoms with Crippen LogP contribution in [0.2, 0.25) is 0 Å². The molecule has 0 aliphatic carbocycles. The van der Waals surface area contributed by atoms with E-state index in [1.165, 1.54) is 0 Å². The summed E-state index contributed by atoms with van der Waals surface area (Å²) in [6, 6.07) is 6.89. The van der Waals surface area contributed by atoms with E-state index in [1.54, 1.807) is 38.2 Å². The van der Waals surface area contributed by atoms with Crippen molar-refractivity contribution in [1.29, 1.82) is 5.41 Å². The van der Waals surface area contributed by atoms with E-state index in [9.17, 15) is 4.79 Å². The molecule has 0 atom stereocenters. The van der Waals surface area contributed by atoms with Crippen LogP contribution in [0.3, 0.4) is 0 Å². The minimum atomic E-state index is -0.246. The smallest absolute Gasteiger partial charge is 0.318 e. The third kappa shape index (κ3) is 2.58. The number of anilines is 1. The molecule has 0 fully saturated rings. The van der Waals surface area contributed by atoms with E-state index in [0.717, 1.165) is 5.56 Å². The summed E-state index contributed by atoms with van der Waals surface area (Å²) in [6.45, 7) is 1.72. The van der Waals surface area contributed by atoms with Crippen LogP contribution in [-0.2, 0) is 0 Å². The second-order valence-electron chi connectivity index (χ2n) is 2.91. The molecule has 1 aromatic rings. The van der Waals surface area contributed by atoms with Gasteiger partial charge in [0.2, 0.25) is 0 Å². The number of hydrogen-bond donors (Lipinski definition) is 3. The van der Waals surface area contributed by atoms with Gasteiger partial charge in [-0.15, -0.1) is 0 Å². The number of hydrogen-bond acceptors (Lipinski definition) is 2. The molecule has 0 aromatic heterocycles. The topological polar surface area (TPSA) is 65.0 Å². The molecular formula is C10H13N3O. The van der Waals surface area contributed by atoms with Crippen LogP contribution in [0.1, 0.15) is 12.5 Å².